The van der Waals surface area contributed by atoms with E-state index in [4.69, 9.17) is 16.0 Å². The van der Waals surface area contributed by atoms with E-state index in [0.29, 0.717) is 28.5 Å². The van der Waals surface area contributed by atoms with E-state index in [1.165, 1.54) is 29.6 Å². The third-order valence-electron chi connectivity index (χ3n) is 5.50. The number of carbonyl (C=O) groups is 1. The summed E-state index contributed by atoms with van der Waals surface area (Å²) >= 11 is 6.25. The number of aliphatic hydroxyl groups is 1. The summed E-state index contributed by atoms with van der Waals surface area (Å²) in [7, 11) is 0. The first kappa shape index (κ1) is 21.5. The fourth-order valence-corrected chi connectivity index (χ4v) is 4.16. The van der Waals surface area contributed by atoms with Crippen LogP contribution in [0.25, 0.3) is 5.52 Å². The van der Waals surface area contributed by atoms with Crippen LogP contribution >= 0.6 is 11.6 Å². The lowest BCUT2D eigenvalue weighted by molar-refractivity contribution is 0.0440. The van der Waals surface area contributed by atoms with Gasteiger partial charge in [0.05, 0.1) is 23.2 Å². The van der Waals surface area contributed by atoms with Gasteiger partial charge in [-0.2, -0.15) is 5.10 Å². The molecule has 1 amide bonds. The maximum absolute atomic E-state index is 13.7. The molecule has 0 saturated carbocycles. The number of hydrogen-bond acceptors (Lipinski definition) is 6. The van der Waals surface area contributed by atoms with Crippen molar-refractivity contribution in [3.63, 3.8) is 0 Å². The summed E-state index contributed by atoms with van der Waals surface area (Å²) in [5, 5.41) is 15.1. The summed E-state index contributed by atoms with van der Waals surface area (Å²) in [5.41, 5.74) is 0.0693. The number of rotatable bonds is 4. The monoisotopic (exact) mass is 476 g/mol. The minimum atomic E-state index is -3.07. The van der Waals surface area contributed by atoms with Crippen molar-refractivity contribution in [1.29, 1.82) is 0 Å². The van der Waals surface area contributed by atoms with Crippen molar-refractivity contribution in [2.45, 2.75) is 38.3 Å². The molecule has 1 aliphatic heterocycles. The molecular formula is C21H19ClF2N6O3. The third-order valence-corrected chi connectivity index (χ3v) is 5.79. The molecule has 0 aliphatic carbocycles. The van der Waals surface area contributed by atoms with E-state index < -0.39 is 35.4 Å². The number of carbonyl (C=O) groups excluding carboxylic acids is 1. The second kappa shape index (κ2) is 7.63. The van der Waals surface area contributed by atoms with Crippen LogP contribution in [0.4, 0.5) is 8.78 Å². The second-order valence-electron chi connectivity index (χ2n) is 8.26. The van der Waals surface area contributed by atoms with Crippen molar-refractivity contribution in [2.24, 2.45) is 0 Å². The summed E-state index contributed by atoms with van der Waals surface area (Å²) in [6.07, 6.45) is -1.12. The highest BCUT2D eigenvalue weighted by Gasteiger charge is 2.40. The molecule has 0 bridgehead atoms. The fraction of sp³-hybridized carbons (Fsp3) is 0.333. The zero-order chi connectivity index (χ0) is 23.5. The van der Waals surface area contributed by atoms with Crippen LogP contribution in [0.5, 0.6) is 0 Å². The van der Waals surface area contributed by atoms with Crippen LogP contribution in [0.2, 0.25) is 5.15 Å². The van der Waals surface area contributed by atoms with Crippen molar-refractivity contribution in [2.75, 3.05) is 6.54 Å². The highest BCUT2D eigenvalue weighted by atomic mass is 35.5. The number of pyridine rings is 1. The van der Waals surface area contributed by atoms with Gasteiger partial charge < -0.3 is 19.4 Å². The van der Waals surface area contributed by atoms with Crippen molar-refractivity contribution in [1.82, 2.24) is 29.5 Å². The predicted octanol–water partition coefficient (Wildman–Crippen LogP) is 3.65. The average molecular weight is 477 g/mol. The molecule has 12 heteroatoms. The van der Waals surface area contributed by atoms with E-state index in [0.717, 1.165) is 5.69 Å². The molecule has 172 valence electrons. The minimum Gasteiger partial charge on any atom is -0.432 e. The highest BCUT2D eigenvalue weighted by Crippen LogP contribution is 2.37. The molecule has 33 heavy (non-hydrogen) atoms. The molecular weight excluding hydrogens is 458 g/mol. The Morgan fingerprint density at radius 3 is 2.88 bits per heavy atom. The molecule has 4 aromatic heterocycles. The van der Waals surface area contributed by atoms with Crippen molar-refractivity contribution < 1.29 is 23.1 Å². The quantitative estimate of drug-likeness (QED) is 0.435. The van der Waals surface area contributed by atoms with Gasteiger partial charge in [-0.15, -0.1) is 0 Å². The first-order valence-corrected chi connectivity index (χ1v) is 10.5. The lowest BCUT2D eigenvalue weighted by Gasteiger charge is -2.33. The van der Waals surface area contributed by atoms with E-state index in [-0.39, 0.29) is 12.4 Å². The standard InChI is InChI=1S/C21H19ClF2N6O3/c1-21(2,32)20-27-15(18(23)24)17(33-20)19(31)29-7-6-11-14(26-9-25-11)16(29)12-8-10-4-3-5-13(22)30(10)28-12/h3-5,8-9,16,18,32H,6-7H2,1-2H3,(H,25,26). The largest absolute Gasteiger partial charge is 0.432 e. The van der Waals surface area contributed by atoms with Gasteiger partial charge in [-0.1, -0.05) is 17.7 Å². The number of alkyl halides is 2. The van der Waals surface area contributed by atoms with E-state index in [9.17, 15) is 18.7 Å². The van der Waals surface area contributed by atoms with Gasteiger partial charge in [-0.05, 0) is 32.0 Å². The Hall–Kier alpha value is -3.31. The molecule has 9 nitrogen and oxygen atoms in total. The molecule has 0 aromatic carbocycles. The van der Waals surface area contributed by atoms with Gasteiger partial charge in [0.15, 0.2) is 5.69 Å². The Labute approximate surface area is 191 Å². The Morgan fingerprint density at radius 1 is 1.39 bits per heavy atom. The zero-order valence-corrected chi connectivity index (χ0v) is 18.3. The predicted molar refractivity (Wildman–Crippen MR) is 112 cm³/mol. The number of nitrogens with zero attached hydrogens (tertiary/aromatic N) is 5. The highest BCUT2D eigenvalue weighted by molar-refractivity contribution is 6.29. The average Bonchev–Trinajstić information content (AvgIpc) is 3.49. The van der Waals surface area contributed by atoms with Crippen LogP contribution in [-0.2, 0) is 12.0 Å². The molecule has 5 rings (SSSR count). The molecule has 1 unspecified atom stereocenters. The molecule has 1 aliphatic rings. The number of fused-ring (bicyclic) bond motifs is 2. The summed E-state index contributed by atoms with van der Waals surface area (Å²) in [6.45, 7) is 2.87. The molecule has 1 atom stereocenters. The Kier molecular flexibility index (Phi) is 4.98. The van der Waals surface area contributed by atoms with Crippen molar-refractivity contribution >= 4 is 23.0 Å². The number of halogens is 3. The number of amides is 1. The van der Waals surface area contributed by atoms with Crippen LogP contribution < -0.4 is 0 Å². The molecule has 0 radical (unpaired) electrons. The first-order chi connectivity index (χ1) is 15.6. The van der Waals surface area contributed by atoms with Gasteiger partial charge in [-0.25, -0.2) is 23.3 Å². The number of hydrogen-bond donors (Lipinski definition) is 2. The molecule has 2 N–H and O–H groups in total. The number of aromatic nitrogens is 5. The van der Waals surface area contributed by atoms with Crippen LogP contribution in [-0.4, -0.2) is 47.0 Å². The summed E-state index contributed by atoms with van der Waals surface area (Å²) < 4.78 is 34.4. The van der Waals surface area contributed by atoms with Gasteiger partial charge in [-0.3, -0.25) is 4.79 Å². The Bertz CT molecular complexity index is 1360. The number of H-pyrrole nitrogens is 1. The zero-order valence-electron chi connectivity index (χ0n) is 17.6. The van der Waals surface area contributed by atoms with Crippen LogP contribution in [0, 0.1) is 0 Å². The minimum absolute atomic E-state index is 0.196. The van der Waals surface area contributed by atoms with Crippen molar-refractivity contribution in [3.05, 3.63) is 70.2 Å². The van der Waals surface area contributed by atoms with Gasteiger partial charge in [0.25, 0.3) is 12.3 Å². The van der Waals surface area contributed by atoms with Crippen LogP contribution in [0.15, 0.2) is 35.0 Å². The maximum atomic E-state index is 13.7. The summed E-state index contributed by atoms with van der Waals surface area (Å²) in [5.74, 6) is -1.78. The van der Waals surface area contributed by atoms with E-state index in [2.05, 4.69) is 20.1 Å². The Balaban J connectivity index is 1.63. The topological polar surface area (TPSA) is 113 Å². The maximum Gasteiger partial charge on any atom is 0.292 e. The van der Waals surface area contributed by atoms with Crippen LogP contribution in [0.3, 0.4) is 0 Å². The smallest absolute Gasteiger partial charge is 0.292 e. The molecule has 0 saturated heterocycles. The third kappa shape index (κ3) is 3.57. The van der Waals surface area contributed by atoms with Gasteiger partial charge in [0.2, 0.25) is 11.7 Å². The van der Waals surface area contributed by atoms with E-state index >= 15 is 0 Å². The van der Waals surface area contributed by atoms with Crippen LogP contribution in [0.1, 0.15) is 65.5 Å². The van der Waals surface area contributed by atoms with Gasteiger partial charge in [0, 0.05) is 18.7 Å². The molecule has 4 aromatic rings. The number of aromatic amines is 1. The summed E-state index contributed by atoms with van der Waals surface area (Å²) in [4.78, 5) is 26.0. The van der Waals surface area contributed by atoms with Crippen molar-refractivity contribution in [3.8, 4) is 0 Å². The first-order valence-electron chi connectivity index (χ1n) is 10.1. The van der Waals surface area contributed by atoms with E-state index in [1.54, 1.807) is 18.2 Å². The molecule has 0 spiro atoms. The SMILES string of the molecule is CC(C)(O)c1nc(C(F)F)c(C(=O)N2CCc3[nH]cnc3C2c2cc3cccc(Cl)n3n2)o1. The van der Waals surface area contributed by atoms with Gasteiger partial charge in [0.1, 0.15) is 16.8 Å². The number of imidazole rings is 1. The molecule has 5 heterocycles. The number of nitrogens with one attached hydrogen (secondary N) is 1. The second-order valence-corrected chi connectivity index (χ2v) is 8.65. The summed E-state index contributed by atoms with van der Waals surface area (Å²) in [6, 6.07) is 6.25. The normalized spacial score (nSPS) is 16.6. The molecule has 0 fully saturated rings. The fourth-order valence-electron chi connectivity index (χ4n) is 3.96. The lowest BCUT2D eigenvalue weighted by Crippen LogP contribution is -2.41. The number of oxazole rings is 1. The van der Waals surface area contributed by atoms with Gasteiger partial charge >= 0.3 is 0 Å². The Morgan fingerprint density at radius 2 is 2.18 bits per heavy atom. The van der Waals surface area contributed by atoms with E-state index in [1.807, 2.05) is 6.07 Å². The lowest BCUT2D eigenvalue weighted by atomic mass is 9.99.